The van der Waals surface area contributed by atoms with E-state index in [0.29, 0.717) is 0 Å². The Balaban J connectivity index is 2.28. The van der Waals surface area contributed by atoms with Crippen LogP contribution in [0.3, 0.4) is 0 Å². The Labute approximate surface area is 87.4 Å². The van der Waals surface area contributed by atoms with Crippen LogP contribution in [0.5, 0.6) is 0 Å². The lowest BCUT2D eigenvalue weighted by molar-refractivity contribution is 0.881. The van der Waals surface area contributed by atoms with Gasteiger partial charge in [-0.2, -0.15) is 0 Å². The van der Waals surface area contributed by atoms with Gasteiger partial charge in [-0.3, -0.25) is 4.98 Å². The van der Waals surface area contributed by atoms with E-state index in [9.17, 15) is 0 Å². The van der Waals surface area contributed by atoms with Crippen molar-refractivity contribution in [3.8, 4) is 0 Å². The summed E-state index contributed by atoms with van der Waals surface area (Å²) in [4.78, 5) is 5.41. The minimum atomic E-state index is -0.0388. The van der Waals surface area contributed by atoms with Crippen molar-refractivity contribution in [2.75, 3.05) is 0 Å². The number of thiophene rings is 1. The SMILES string of the molecule is Cc1ccc(C(N)c2cccs2)cn1. The number of aromatic nitrogens is 1. The zero-order valence-corrected chi connectivity index (χ0v) is 8.79. The molecular weight excluding hydrogens is 192 g/mol. The molecule has 2 aromatic rings. The molecule has 2 N–H and O–H groups in total. The van der Waals surface area contributed by atoms with Gasteiger partial charge >= 0.3 is 0 Å². The third-order valence-electron chi connectivity index (χ3n) is 2.14. The average Bonchev–Trinajstić information content (AvgIpc) is 2.71. The van der Waals surface area contributed by atoms with Gasteiger partial charge in [0.1, 0.15) is 0 Å². The van der Waals surface area contributed by atoms with Crippen molar-refractivity contribution in [3.63, 3.8) is 0 Å². The molecule has 0 aromatic carbocycles. The lowest BCUT2D eigenvalue weighted by Crippen LogP contribution is -2.10. The minimum absolute atomic E-state index is 0.0388. The molecule has 72 valence electrons. The van der Waals surface area contributed by atoms with Crippen LogP contribution in [0.15, 0.2) is 35.8 Å². The molecule has 1 atom stereocenters. The number of aryl methyl sites for hydroxylation is 1. The summed E-state index contributed by atoms with van der Waals surface area (Å²) in [6.07, 6.45) is 1.85. The third-order valence-corrected chi connectivity index (χ3v) is 3.10. The standard InChI is InChI=1S/C11H12N2S/c1-8-4-5-9(7-13-8)11(12)10-3-2-6-14-10/h2-7,11H,12H2,1H3. The summed E-state index contributed by atoms with van der Waals surface area (Å²) in [7, 11) is 0. The molecule has 0 aliphatic heterocycles. The van der Waals surface area contributed by atoms with Gasteiger partial charge in [0, 0.05) is 16.8 Å². The second kappa shape index (κ2) is 3.90. The highest BCUT2D eigenvalue weighted by Gasteiger charge is 2.09. The fourth-order valence-corrected chi connectivity index (χ4v) is 2.05. The molecule has 0 fully saturated rings. The van der Waals surface area contributed by atoms with Crippen LogP contribution >= 0.6 is 11.3 Å². The van der Waals surface area contributed by atoms with E-state index in [-0.39, 0.29) is 6.04 Å². The van der Waals surface area contributed by atoms with Crippen molar-refractivity contribution in [2.24, 2.45) is 5.73 Å². The van der Waals surface area contributed by atoms with Crippen molar-refractivity contribution < 1.29 is 0 Å². The first-order valence-electron chi connectivity index (χ1n) is 4.49. The first-order valence-corrected chi connectivity index (χ1v) is 5.37. The normalized spacial score (nSPS) is 12.7. The van der Waals surface area contributed by atoms with E-state index in [1.165, 1.54) is 4.88 Å². The fraction of sp³-hybridized carbons (Fsp3) is 0.182. The maximum atomic E-state index is 6.08. The fourth-order valence-electron chi connectivity index (χ4n) is 1.30. The molecular formula is C11H12N2S. The first-order chi connectivity index (χ1) is 6.77. The molecule has 2 aromatic heterocycles. The van der Waals surface area contributed by atoms with E-state index >= 15 is 0 Å². The topological polar surface area (TPSA) is 38.9 Å². The Morgan fingerprint density at radius 1 is 1.36 bits per heavy atom. The zero-order chi connectivity index (χ0) is 9.97. The molecule has 1 unspecified atom stereocenters. The predicted molar refractivity (Wildman–Crippen MR) is 59.3 cm³/mol. The molecule has 0 bridgehead atoms. The van der Waals surface area contributed by atoms with Gasteiger partial charge in [0.2, 0.25) is 0 Å². The highest BCUT2D eigenvalue weighted by atomic mass is 32.1. The maximum Gasteiger partial charge on any atom is 0.0661 e. The molecule has 2 nitrogen and oxygen atoms in total. The molecule has 2 heterocycles. The summed E-state index contributed by atoms with van der Waals surface area (Å²) >= 11 is 1.68. The molecule has 0 saturated carbocycles. The molecule has 14 heavy (non-hydrogen) atoms. The smallest absolute Gasteiger partial charge is 0.0661 e. The van der Waals surface area contributed by atoms with Crippen molar-refractivity contribution in [2.45, 2.75) is 13.0 Å². The molecule has 0 amide bonds. The van der Waals surface area contributed by atoms with E-state index in [1.54, 1.807) is 11.3 Å². The summed E-state index contributed by atoms with van der Waals surface area (Å²) in [5.74, 6) is 0. The molecule has 0 saturated heterocycles. The predicted octanol–water partition coefficient (Wildman–Crippen LogP) is 2.50. The Morgan fingerprint density at radius 2 is 2.21 bits per heavy atom. The van der Waals surface area contributed by atoms with Gasteiger partial charge in [-0.15, -0.1) is 11.3 Å². The summed E-state index contributed by atoms with van der Waals surface area (Å²) in [5, 5.41) is 2.04. The second-order valence-electron chi connectivity index (χ2n) is 3.23. The Kier molecular flexibility index (Phi) is 2.61. The van der Waals surface area contributed by atoms with Crippen molar-refractivity contribution in [1.82, 2.24) is 4.98 Å². The lowest BCUT2D eigenvalue weighted by Gasteiger charge is -2.09. The second-order valence-corrected chi connectivity index (χ2v) is 4.21. The number of hydrogen-bond donors (Lipinski definition) is 1. The van der Waals surface area contributed by atoms with Crippen LogP contribution in [0.1, 0.15) is 22.2 Å². The maximum absolute atomic E-state index is 6.08. The van der Waals surface area contributed by atoms with Crippen LogP contribution in [0, 0.1) is 6.92 Å². The Hall–Kier alpha value is -1.19. The summed E-state index contributed by atoms with van der Waals surface area (Å²) in [6, 6.07) is 8.05. The van der Waals surface area contributed by atoms with E-state index in [0.717, 1.165) is 11.3 Å². The van der Waals surface area contributed by atoms with Gasteiger partial charge in [-0.1, -0.05) is 12.1 Å². The Bertz CT molecular complexity index is 392. The van der Waals surface area contributed by atoms with Gasteiger partial charge in [0.05, 0.1) is 6.04 Å². The van der Waals surface area contributed by atoms with Gasteiger partial charge in [-0.25, -0.2) is 0 Å². The van der Waals surface area contributed by atoms with E-state index in [2.05, 4.69) is 11.1 Å². The minimum Gasteiger partial charge on any atom is -0.320 e. The highest BCUT2D eigenvalue weighted by Crippen LogP contribution is 2.22. The number of nitrogens with zero attached hydrogens (tertiary/aromatic N) is 1. The van der Waals surface area contributed by atoms with Crippen molar-refractivity contribution in [3.05, 3.63) is 52.0 Å². The van der Waals surface area contributed by atoms with Gasteiger partial charge in [0.25, 0.3) is 0 Å². The molecule has 0 aliphatic rings. The third kappa shape index (κ3) is 1.84. The van der Waals surface area contributed by atoms with E-state index < -0.39 is 0 Å². The number of hydrogen-bond acceptors (Lipinski definition) is 3. The number of pyridine rings is 1. The van der Waals surface area contributed by atoms with E-state index in [1.807, 2.05) is 36.7 Å². The largest absolute Gasteiger partial charge is 0.320 e. The average molecular weight is 204 g/mol. The summed E-state index contributed by atoms with van der Waals surface area (Å²) < 4.78 is 0. The van der Waals surface area contributed by atoms with Gasteiger partial charge < -0.3 is 5.73 Å². The summed E-state index contributed by atoms with van der Waals surface area (Å²) in [6.45, 7) is 1.97. The van der Waals surface area contributed by atoms with Crippen LogP contribution in [-0.2, 0) is 0 Å². The number of rotatable bonds is 2. The molecule has 3 heteroatoms. The van der Waals surface area contributed by atoms with Crippen molar-refractivity contribution >= 4 is 11.3 Å². The monoisotopic (exact) mass is 204 g/mol. The molecule has 0 spiro atoms. The summed E-state index contributed by atoms with van der Waals surface area (Å²) in [5.41, 5.74) is 8.17. The van der Waals surface area contributed by atoms with E-state index in [4.69, 9.17) is 5.73 Å². The number of nitrogens with two attached hydrogens (primary N) is 1. The van der Waals surface area contributed by atoms with Crippen LogP contribution in [0.25, 0.3) is 0 Å². The zero-order valence-electron chi connectivity index (χ0n) is 7.97. The Morgan fingerprint density at radius 3 is 2.79 bits per heavy atom. The molecule has 0 radical (unpaired) electrons. The van der Waals surface area contributed by atoms with Crippen LogP contribution in [0.4, 0.5) is 0 Å². The highest BCUT2D eigenvalue weighted by molar-refractivity contribution is 7.10. The first kappa shape index (κ1) is 9.37. The van der Waals surface area contributed by atoms with Gasteiger partial charge in [-0.05, 0) is 30.0 Å². The molecule has 2 rings (SSSR count). The van der Waals surface area contributed by atoms with Crippen LogP contribution in [-0.4, -0.2) is 4.98 Å². The quantitative estimate of drug-likeness (QED) is 0.816. The van der Waals surface area contributed by atoms with Gasteiger partial charge in [0.15, 0.2) is 0 Å². The lowest BCUT2D eigenvalue weighted by atomic mass is 10.1. The molecule has 0 aliphatic carbocycles. The van der Waals surface area contributed by atoms with Crippen LogP contribution < -0.4 is 5.73 Å². The van der Waals surface area contributed by atoms with Crippen molar-refractivity contribution in [1.29, 1.82) is 0 Å². The van der Waals surface area contributed by atoms with Crippen LogP contribution in [0.2, 0.25) is 0 Å².